The molecule has 0 aromatic rings. The van der Waals surface area contributed by atoms with Crippen LogP contribution in [0.3, 0.4) is 0 Å². The summed E-state index contributed by atoms with van der Waals surface area (Å²) < 4.78 is 5.59. The molecule has 0 bridgehead atoms. The Balaban J connectivity index is 2.72. The van der Waals surface area contributed by atoms with E-state index >= 15 is 0 Å². The fourth-order valence-electron chi connectivity index (χ4n) is 3.39. The van der Waals surface area contributed by atoms with Gasteiger partial charge in [-0.1, -0.05) is 58.8 Å². The highest BCUT2D eigenvalue weighted by molar-refractivity contribution is 5.91. The molecule has 0 saturated carbocycles. The number of Topliss-reactive ketones (excluding diaryl/α,β-unsaturated/α-hetero) is 1. The lowest BCUT2D eigenvalue weighted by Crippen LogP contribution is -2.45. The van der Waals surface area contributed by atoms with Crippen molar-refractivity contribution in [1.82, 2.24) is 4.90 Å². The molecule has 0 unspecified atom stereocenters. The third-order valence-electron chi connectivity index (χ3n) is 4.61. The first-order chi connectivity index (χ1) is 11.3. The number of hydrogen-bond acceptors (Lipinski definition) is 3. The summed E-state index contributed by atoms with van der Waals surface area (Å²) >= 11 is 0. The van der Waals surface area contributed by atoms with Crippen molar-refractivity contribution in [3.05, 3.63) is 0 Å². The molecule has 0 aliphatic carbocycles. The van der Waals surface area contributed by atoms with Crippen LogP contribution < -0.4 is 0 Å². The highest BCUT2D eigenvalue weighted by Gasteiger charge is 2.43. The molecular weight excluding hydrogens is 302 g/mol. The smallest absolute Gasteiger partial charge is 0.411 e. The van der Waals surface area contributed by atoms with Gasteiger partial charge in [0.25, 0.3) is 0 Å². The first-order valence-electron chi connectivity index (χ1n) is 9.84. The Bertz CT molecular complexity index is 400. The van der Waals surface area contributed by atoms with Crippen molar-refractivity contribution in [1.29, 1.82) is 0 Å². The van der Waals surface area contributed by atoms with Gasteiger partial charge in [-0.15, -0.1) is 0 Å². The average Bonchev–Trinajstić information content (AvgIpc) is 2.79. The second-order valence-corrected chi connectivity index (χ2v) is 8.07. The van der Waals surface area contributed by atoms with Gasteiger partial charge in [0.1, 0.15) is 5.60 Å². The van der Waals surface area contributed by atoms with E-state index in [9.17, 15) is 9.59 Å². The van der Waals surface area contributed by atoms with E-state index in [1.807, 2.05) is 20.8 Å². The molecule has 4 heteroatoms. The fourth-order valence-corrected chi connectivity index (χ4v) is 3.39. The van der Waals surface area contributed by atoms with E-state index in [1.54, 1.807) is 4.90 Å². The number of carbonyl (C=O) groups is 2. The molecule has 0 spiro atoms. The Morgan fingerprint density at radius 2 is 1.67 bits per heavy atom. The monoisotopic (exact) mass is 339 g/mol. The molecule has 1 heterocycles. The predicted octanol–water partition coefficient (Wildman–Crippen LogP) is 5.48. The van der Waals surface area contributed by atoms with Gasteiger partial charge in [-0.05, 0) is 33.6 Å². The number of nitrogens with zero attached hydrogens (tertiary/aromatic N) is 1. The van der Waals surface area contributed by atoms with Crippen LogP contribution in [0.2, 0.25) is 0 Å². The second-order valence-electron chi connectivity index (χ2n) is 8.07. The number of hydrogen-bond donors (Lipinski definition) is 0. The average molecular weight is 340 g/mol. The minimum Gasteiger partial charge on any atom is -0.444 e. The van der Waals surface area contributed by atoms with E-state index in [0.29, 0.717) is 6.42 Å². The number of carbonyl (C=O) groups excluding carboxylic acids is 2. The van der Waals surface area contributed by atoms with Gasteiger partial charge in [0.05, 0.1) is 6.04 Å². The molecule has 1 rings (SSSR count). The van der Waals surface area contributed by atoms with Crippen LogP contribution >= 0.6 is 0 Å². The number of amides is 1. The van der Waals surface area contributed by atoms with E-state index in [0.717, 1.165) is 38.5 Å². The lowest BCUT2D eigenvalue weighted by atomic mass is 10.0. The molecule has 2 atom stereocenters. The summed E-state index contributed by atoms with van der Waals surface area (Å²) in [7, 11) is 0. The molecule has 140 valence electrons. The maximum absolute atomic E-state index is 12.7. The third kappa shape index (κ3) is 6.82. The molecule has 0 N–H and O–H groups in total. The number of unbranched alkanes of at least 4 members (excludes halogenated alkanes) is 5. The van der Waals surface area contributed by atoms with Crippen LogP contribution in [0.15, 0.2) is 0 Å². The summed E-state index contributed by atoms with van der Waals surface area (Å²) in [5.41, 5.74) is -0.524. The zero-order valence-corrected chi connectivity index (χ0v) is 16.4. The van der Waals surface area contributed by atoms with Gasteiger partial charge in [-0.2, -0.15) is 0 Å². The van der Waals surface area contributed by atoms with Gasteiger partial charge in [0, 0.05) is 12.5 Å². The maximum atomic E-state index is 12.7. The molecule has 1 saturated heterocycles. The standard InChI is InChI=1S/C20H37NO3/c1-6-8-10-11-12-14-17-18(22)15-16(13-9-7-2)21(17)19(23)24-20(3,4)5/h16-17H,6-15H2,1-5H3/t16-,17+/m0/s1. The summed E-state index contributed by atoms with van der Waals surface area (Å²) in [6, 6.07) is -0.253. The molecule has 0 radical (unpaired) electrons. The van der Waals surface area contributed by atoms with Crippen LogP contribution in [0, 0.1) is 0 Å². The first kappa shape index (κ1) is 21.0. The molecular formula is C20H37NO3. The molecule has 24 heavy (non-hydrogen) atoms. The summed E-state index contributed by atoms with van der Waals surface area (Å²) in [6.07, 6.45) is 9.80. The van der Waals surface area contributed by atoms with E-state index in [1.165, 1.54) is 19.3 Å². The minimum atomic E-state index is -0.524. The van der Waals surface area contributed by atoms with Crippen molar-refractivity contribution >= 4 is 11.9 Å². The topological polar surface area (TPSA) is 46.6 Å². The van der Waals surface area contributed by atoms with Gasteiger partial charge in [-0.25, -0.2) is 4.79 Å². The maximum Gasteiger partial charge on any atom is 0.411 e. The SMILES string of the molecule is CCCCCCC[C@@H]1C(=O)C[C@H](CCCC)N1C(=O)OC(C)(C)C. The fraction of sp³-hybridized carbons (Fsp3) is 0.900. The Kier molecular flexibility index (Phi) is 8.79. The zero-order chi connectivity index (χ0) is 18.2. The van der Waals surface area contributed by atoms with Gasteiger partial charge >= 0.3 is 6.09 Å². The van der Waals surface area contributed by atoms with E-state index in [4.69, 9.17) is 4.74 Å². The number of ketones is 1. The quantitative estimate of drug-likeness (QED) is 0.522. The van der Waals surface area contributed by atoms with E-state index < -0.39 is 5.60 Å². The summed E-state index contributed by atoms with van der Waals surface area (Å²) in [5.74, 6) is 0.220. The Morgan fingerprint density at radius 3 is 2.25 bits per heavy atom. The Hall–Kier alpha value is -1.06. The van der Waals surface area contributed by atoms with Crippen molar-refractivity contribution < 1.29 is 14.3 Å². The molecule has 1 aliphatic rings. The lowest BCUT2D eigenvalue weighted by molar-refractivity contribution is -0.120. The van der Waals surface area contributed by atoms with Crippen LogP contribution in [-0.2, 0) is 9.53 Å². The zero-order valence-electron chi connectivity index (χ0n) is 16.4. The van der Waals surface area contributed by atoms with Crippen molar-refractivity contribution in [2.75, 3.05) is 0 Å². The normalized spacial score (nSPS) is 21.4. The highest BCUT2D eigenvalue weighted by atomic mass is 16.6. The van der Waals surface area contributed by atoms with Crippen molar-refractivity contribution in [3.8, 4) is 0 Å². The molecule has 0 aromatic heterocycles. The van der Waals surface area contributed by atoms with Crippen LogP contribution in [0.5, 0.6) is 0 Å². The lowest BCUT2D eigenvalue weighted by Gasteiger charge is -2.32. The summed E-state index contributed by atoms with van der Waals surface area (Å²) in [6.45, 7) is 9.97. The van der Waals surface area contributed by atoms with Gasteiger partial charge < -0.3 is 4.74 Å². The molecule has 0 aromatic carbocycles. The third-order valence-corrected chi connectivity index (χ3v) is 4.61. The minimum absolute atomic E-state index is 0.0212. The Morgan fingerprint density at radius 1 is 1.04 bits per heavy atom. The van der Waals surface area contributed by atoms with Crippen molar-refractivity contribution in [3.63, 3.8) is 0 Å². The summed E-state index contributed by atoms with van der Waals surface area (Å²) in [5, 5.41) is 0. The number of likely N-dealkylation sites (tertiary alicyclic amines) is 1. The number of rotatable bonds is 9. The van der Waals surface area contributed by atoms with Crippen LogP contribution in [-0.4, -0.2) is 34.5 Å². The van der Waals surface area contributed by atoms with Gasteiger partial charge in [0.2, 0.25) is 0 Å². The van der Waals surface area contributed by atoms with E-state index in [-0.39, 0.29) is 24.0 Å². The van der Waals surface area contributed by atoms with Gasteiger partial charge in [0.15, 0.2) is 5.78 Å². The van der Waals surface area contributed by atoms with Crippen LogP contribution in [0.25, 0.3) is 0 Å². The summed E-state index contributed by atoms with van der Waals surface area (Å²) in [4.78, 5) is 26.9. The van der Waals surface area contributed by atoms with Crippen molar-refractivity contribution in [2.24, 2.45) is 0 Å². The molecule has 1 aliphatic heterocycles. The number of ether oxygens (including phenoxy) is 1. The predicted molar refractivity (Wildman–Crippen MR) is 98.2 cm³/mol. The Labute approximate surface area is 148 Å². The van der Waals surface area contributed by atoms with Crippen LogP contribution in [0.1, 0.15) is 98.8 Å². The van der Waals surface area contributed by atoms with Crippen LogP contribution in [0.4, 0.5) is 4.79 Å². The van der Waals surface area contributed by atoms with E-state index in [2.05, 4.69) is 13.8 Å². The molecule has 4 nitrogen and oxygen atoms in total. The highest BCUT2D eigenvalue weighted by Crippen LogP contribution is 2.30. The second kappa shape index (κ2) is 10.0. The molecule has 1 fully saturated rings. The largest absolute Gasteiger partial charge is 0.444 e. The first-order valence-corrected chi connectivity index (χ1v) is 9.84. The van der Waals surface area contributed by atoms with Crippen molar-refractivity contribution in [2.45, 2.75) is 117 Å². The molecule has 1 amide bonds. The van der Waals surface area contributed by atoms with Gasteiger partial charge in [-0.3, -0.25) is 9.69 Å².